The average molecular weight is 417 g/mol. The minimum Gasteiger partial charge on any atom is -0.462 e. The molecule has 0 aromatic rings. The average Bonchev–Trinajstić information content (AvgIpc) is 2.97. The van der Waals surface area contributed by atoms with Crippen LogP contribution < -0.4 is 0 Å². The first-order chi connectivity index (χ1) is 14.1. The Kier molecular flexibility index (Phi) is 5.41. The standard InChI is InChI=1S/C25H36O5/c1-6-16-7-8-19-22-21(30-15(3)27)12-17-11-18(29-14(2)26)9-10-24(17,4)23(22)20(28)13-25(16,19)5/h6,12,16,18-23,28H,1,7-11,13H2,2-5H3. The molecule has 5 heteroatoms. The summed E-state index contributed by atoms with van der Waals surface area (Å²) in [5, 5.41) is 11.5. The van der Waals surface area contributed by atoms with E-state index >= 15 is 0 Å². The first-order valence-electron chi connectivity index (χ1n) is 11.5. The minimum absolute atomic E-state index is 0.0165. The van der Waals surface area contributed by atoms with E-state index in [1.807, 2.05) is 0 Å². The fourth-order valence-electron chi connectivity index (χ4n) is 7.77. The van der Waals surface area contributed by atoms with Gasteiger partial charge in [-0.25, -0.2) is 0 Å². The van der Waals surface area contributed by atoms with Gasteiger partial charge in [-0.15, -0.1) is 6.58 Å². The number of allylic oxidation sites excluding steroid dienone is 1. The zero-order chi connectivity index (χ0) is 21.8. The number of hydrogen-bond donors (Lipinski definition) is 1. The second-order valence-electron chi connectivity index (χ2n) is 10.6. The lowest BCUT2D eigenvalue weighted by atomic mass is 9.46. The van der Waals surface area contributed by atoms with Crippen LogP contribution in [0.5, 0.6) is 0 Å². The molecule has 0 amide bonds. The van der Waals surface area contributed by atoms with Crippen LogP contribution >= 0.6 is 0 Å². The monoisotopic (exact) mass is 416 g/mol. The van der Waals surface area contributed by atoms with Gasteiger partial charge in [0.25, 0.3) is 0 Å². The molecule has 4 aliphatic rings. The summed E-state index contributed by atoms with van der Waals surface area (Å²) in [6, 6.07) is 0. The molecule has 0 aromatic heterocycles. The molecular weight excluding hydrogens is 380 g/mol. The summed E-state index contributed by atoms with van der Waals surface area (Å²) in [4.78, 5) is 23.5. The molecule has 5 nitrogen and oxygen atoms in total. The van der Waals surface area contributed by atoms with Gasteiger partial charge in [0, 0.05) is 32.1 Å². The van der Waals surface area contributed by atoms with Crippen molar-refractivity contribution in [1.82, 2.24) is 0 Å². The van der Waals surface area contributed by atoms with Crippen LogP contribution in [0.15, 0.2) is 24.3 Å². The zero-order valence-corrected chi connectivity index (χ0v) is 18.7. The van der Waals surface area contributed by atoms with E-state index in [4.69, 9.17) is 9.47 Å². The lowest BCUT2D eigenvalue weighted by molar-refractivity contribution is -0.174. The first-order valence-corrected chi connectivity index (χ1v) is 11.5. The van der Waals surface area contributed by atoms with Crippen molar-refractivity contribution in [3.63, 3.8) is 0 Å². The lowest BCUT2D eigenvalue weighted by Gasteiger charge is -2.60. The Balaban J connectivity index is 1.76. The van der Waals surface area contributed by atoms with Crippen molar-refractivity contribution in [2.24, 2.45) is 34.5 Å². The number of carbonyl (C=O) groups excluding carboxylic acids is 2. The van der Waals surface area contributed by atoms with Gasteiger partial charge in [-0.2, -0.15) is 0 Å². The van der Waals surface area contributed by atoms with Crippen LogP contribution in [-0.4, -0.2) is 35.4 Å². The highest BCUT2D eigenvalue weighted by molar-refractivity contribution is 5.67. The van der Waals surface area contributed by atoms with Crippen LogP contribution in [0.4, 0.5) is 0 Å². The molecule has 0 radical (unpaired) electrons. The Labute approximate surface area is 179 Å². The molecule has 4 rings (SSSR count). The third kappa shape index (κ3) is 3.24. The van der Waals surface area contributed by atoms with Crippen molar-refractivity contribution in [1.29, 1.82) is 0 Å². The van der Waals surface area contributed by atoms with Gasteiger partial charge in [-0.05, 0) is 60.8 Å². The van der Waals surface area contributed by atoms with Crippen LogP contribution in [-0.2, 0) is 19.1 Å². The second kappa shape index (κ2) is 7.51. The summed E-state index contributed by atoms with van der Waals surface area (Å²) in [6.45, 7) is 11.5. The number of esters is 2. The van der Waals surface area contributed by atoms with Gasteiger partial charge in [0.2, 0.25) is 0 Å². The van der Waals surface area contributed by atoms with Crippen molar-refractivity contribution in [3.8, 4) is 0 Å². The zero-order valence-electron chi connectivity index (χ0n) is 18.7. The van der Waals surface area contributed by atoms with Crippen molar-refractivity contribution < 1.29 is 24.2 Å². The predicted molar refractivity (Wildman–Crippen MR) is 113 cm³/mol. The summed E-state index contributed by atoms with van der Waals surface area (Å²) in [7, 11) is 0. The van der Waals surface area contributed by atoms with Crippen LogP contribution in [0, 0.1) is 34.5 Å². The van der Waals surface area contributed by atoms with Gasteiger partial charge in [0.05, 0.1) is 6.10 Å². The topological polar surface area (TPSA) is 72.8 Å². The molecule has 0 aliphatic heterocycles. The van der Waals surface area contributed by atoms with Crippen LogP contribution in [0.3, 0.4) is 0 Å². The van der Waals surface area contributed by atoms with E-state index in [0.717, 1.165) is 32.1 Å². The van der Waals surface area contributed by atoms with E-state index in [0.29, 0.717) is 18.3 Å². The van der Waals surface area contributed by atoms with Gasteiger partial charge >= 0.3 is 11.9 Å². The number of carbonyl (C=O) groups is 2. The second-order valence-corrected chi connectivity index (χ2v) is 10.6. The maximum absolute atomic E-state index is 12.0. The molecule has 0 bridgehead atoms. The lowest BCUT2D eigenvalue weighted by Crippen LogP contribution is -2.60. The third-order valence-corrected chi connectivity index (χ3v) is 8.99. The number of ether oxygens (including phenoxy) is 2. The molecule has 166 valence electrons. The SMILES string of the molecule is C=CC1CCC2C3C(OC(C)=O)C=C4CC(OC(C)=O)CCC4(C)C3C(O)CC12C. The van der Waals surface area contributed by atoms with Crippen molar-refractivity contribution >= 4 is 11.9 Å². The van der Waals surface area contributed by atoms with Gasteiger partial charge in [0.1, 0.15) is 12.2 Å². The largest absolute Gasteiger partial charge is 0.462 e. The predicted octanol–water partition coefficient (Wildman–Crippen LogP) is 4.20. The summed E-state index contributed by atoms with van der Waals surface area (Å²) < 4.78 is 11.4. The quantitative estimate of drug-likeness (QED) is 0.551. The molecule has 1 N–H and O–H groups in total. The Hall–Kier alpha value is -1.62. The summed E-state index contributed by atoms with van der Waals surface area (Å²) in [5.74, 6) is 0.373. The number of aliphatic hydroxyl groups is 1. The minimum atomic E-state index is -0.450. The molecule has 30 heavy (non-hydrogen) atoms. The van der Waals surface area contributed by atoms with Crippen LogP contribution in [0.2, 0.25) is 0 Å². The Bertz CT molecular complexity index is 772. The molecular formula is C25H36O5. The molecule has 3 fully saturated rings. The number of aliphatic hydroxyl groups excluding tert-OH is 1. The number of hydrogen-bond acceptors (Lipinski definition) is 5. The normalized spacial score (nSPS) is 47.2. The maximum Gasteiger partial charge on any atom is 0.303 e. The molecule has 0 spiro atoms. The third-order valence-electron chi connectivity index (χ3n) is 8.99. The summed E-state index contributed by atoms with van der Waals surface area (Å²) >= 11 is 0. The number of fused-ring (bicyclic) bond motifs is 5. The van der Waals surface area contributed by atoms with E-state index in [-0.39, 0.29) is 46.8 Å². The van der Waals surface area contributed by atoms with Gasteiger partial charge in [-0.3, -0.25) is 9.59 Å². The summed E-state index contributed by atoms with van der Waals surface area (Å²) in [6.07, 6.45) is 8.52. The fraction of sp³-hybridized carbons (Fsp3) is 0.760. The molecule has 4 aliphatic carbocycles. The van der Waals surface area contributed by atoms with E-state index in [2.05, 4.69) is 32.6 Å². The number of rotatable bonds is 3. The molecule has 9 atom stereocenters. The molecule has 9 unspecified atom stereocenters. The van der Waals surface area contributed by atoms with Gasteiger partial charge in [-0.1, -0.05) is 25.5 Å². The van der Waals surface area contributed by atoms with Crippen LogP contribution in [0.1, 0.15) is 66.2 Å². The smallest absolute Gasteiger partial charge is 0.303 e. The Morgan fingerprint density at radius 3 is 2.50 bits per heavy atom. The summed E-state index contributed by atoms with van der Waals surface area (Å²) in [5.41, 5.74) is 0.996. The molecule has 3 saturated carbocycles. The fourth-order valence-corrected chi connectivity index (χ4v) is 7.77. The first kappa shape index (κ1) is 21.6. The van der Waals surface area contributed by atoms with Crippen molar-refractivity contribution in [2.45, 2.75) is 84.5 Å². The van der Waals surface area contributed by atoms with Crippen LogP contribution in [0.25, 0.3) is 0 Å². The highest BCUT2D eigenvalue weighted by Gasteiger charge is 2.64. The van der Waals surface area contributed by atoms with Crippen molar-refractivity contribution in [2.75, 3.05) is 0 Å². The van der Waals surface area contributed by atoms with E-state index < -0.39 is 6.10 Å². The van der Waals surface area contributed by atoms with Gasteiger partial charge < -0.3 is 14.6 Å². The Morgan fingerprint density at radius 2 is 1.87 bits per heavy atom. The molecule has 0 saturated heterocycles. The van der Waals surface area contributed by atoms with E-state index in [1.54, 1.807) is 0 Å². The van der Waals surface area contributed by atoms with E-state index in [9.17, 15) is 14.7 Å². The molecule has 0 aromatic carbocycles. The van der Waals surface area contributed by atoms with Crippen molar-refractivity contribution in [3.05, 3.63) is 24.3 Å². The highest BCUT2D eigenvalue weighted by atomic mass is 16.5. The molecule has 0 heterocycles. The highest BCUT2D eigenvalue weighted by Crippen LogP contribution is 2.66. The van der Waals surface area contributed by atoms with E-state index in [1.165, 1.54) is 19.4 Å². The maximum atomic E-state index is 12.0. The van der Waals surface area contributed by atoms with Gasteiger partial charge in [0.15, 0.2) is 0 Å². The Morgan fingerprint density at radius 1 is 1.17 bits per heavy atom.